The molecule has 0 aliphatic rings. The second-order valence-corrected chi connectivity index (χ2v) is 4.55. The molecular weight excluding hydrogens is 280 g/mol. The van der Waals surface area contributed by atoms with E-state index in [1.807, 2.05) is 37.3 Å². The first-order valence-corrected chi connectivity index (χ1v) is 7.07. The van der Waals surface area contributed by atoms with Crippen molar-refractivity contribution in [2.24, 2.45) is 0 Å². The minimum atomic E-state index is -0.349. The Labute approximate surface area is 129 Å². The molecule has 114 valence electrons. The summed E-state index contributed by atoms with van der Waals surface area (Å²) in [7, 11) is 0. The van der Waals surface area contributed by atoms with Crippen molar-refractivity contribution in [3.8, 4) is 11.5 Å². The summed E-state index contributed by atoms with van der Waals surface area (Å²) in [6.45, 7) is 2.29. The van der Waals surface area contributed by atoms with E-state index in [0.29, 0.717) is 23.6 Å². The number of ether oxygens (including phenoxy) is 1. The third-order valence-corrected chi connectivity index (χ3v) is 2.89. The topological polar surface area (TPSA) is 67.4 Å². The van der Waals surface area contributed by atoms with Gasteiger partial charge in [0.2, 0.25) is 5.91 Å². The number of carbonyl (C=O) groups excluding carboxylic acids is 2. The third-order valence-electron chi connectivity index (χ3n) is 2.89. The molecule has 0 bridgehead atoms. The van der Waals surface area contributed by atoms with Gasteiger partial charge in [0.15, 0.2) is 0 Å². The van der Waals surface area contributed by atoms with E-state index in [1.54, 1.807) is 24.3 Å². The van der Waals surface area contributed by atoms with Crippen LogP contribution in [0.3, 0.4) is 0 Å². The van der Waals surface area contributed by atoms with Gasteiger partial charge in [0.25, 0.3) is 5.91 Å². The van der Waals surface area contributed by atoms with Gasteiger partial charge >= 0.3 is 0 Å². The van der Waals surface area contributed by atoms with Crippen LogP contribution in [-0.4, -0.2) is 24.9 Å². The van der Waals surface area contributed by atoms with Gasteiger partial charge in [-0.05, 0) is 31.2 Å². The van der Waals surface area contributed by atoms with Gasteiger partial charge in [-0.1, -0.05) is 30.3 Å². The smallest absolute Gasteiger partial charge is 0.255 e. The molecule has 0 radical (unpaired) electrons. The maximum Gasteiger partial charge on any atom is 0.255 e. The fourth-order valence-corrected chi connectivity index (χ4v) is 1.87. The van der Waals surface area contributed by atoms with Crippen LogP contribution in [0.25, 0.3) is 0 Å². The summed E-state index contributed by atoms with van der Waals surface area (Å²) in [5.41, 5.74) is 0.385. The van der Waals surface area contributed by atoms with Crippen molar-refractivity contribution < 1.29 is 14.3 Å². The maximum atomic E-state index is 12.2. The van der Waals surface area contributed by atoms with E-state index in [0.717, 1.165) is 0 Å². The normalized spacial score (nSPS) is 9.86. The summed E-state index contributed by atoms with van der Waals surface area (Å²) in [5, 5.41) is 5.20. The molecule has 2 amide bonds. The van der Waals surface area contributed by atoms with Crippen molar-refractivity contribution in [3.05, 3.63) is 60.2 Å². The quantitative estimate of drug-likeness (QED) is 0.860. The SMILES string of the molecule is CCNC(=O)CNC(=O)c1ccccc1Oc1ccccc1. The molecule has 2 aromatic carbocycles. The number of likely N-dealkylation sites (N-methyl/N-ethyl adjacent to an activating group) is 1. The largest absolute Gasteiger partial charge is 0.457 e. The molecule has 0 saturated carbocycles. The Balaban J connectivity index is 2.07. The third kappa shape index (κ3) is 4.34. The maximum absolute atomic E-state index is 12.2. The van der Waals surface area contributed by atoms with Gasteiger partial charge in [0, 0.05) is 6.54 Å². The Morgan fingerprint density at radius 1 is 0.955 bits per heavy atom. The van der Waals surface area contributed by atoms with Crippen LogP contribution >= 0.6 is 0 Å². The zero-order valence-electron chi connectivity index (χ0n) is 12.3. The minimum Gasteiger partial charge on any atom is -0.457 e. The van der Waals surface area contributed by atoms with Gasteiger partial charge < -0.3 is 15.4 Å². The number of hydrogen-bond acceptors (Lipinski definition) is 3. The van der Waals surface area contributed by atoms with Crippen LogP contribution < -0.4 is 15.4 Å². The first-order valence-electron chi connectivity index (χ1n) is 7.07. The summed E-state index contributed by atoms with van der Waals surface area (Å²) < 4.78 is 5.72. The van der Waals surface area contributed by atoms with E-state index in [-0.39, 0.29) is 18.4 Å². The Morgan fingerprint density at radius 2 is 1.64 bits per heavy atom. The summed E-state index contributed by atoms with van der Waals surface area (Å²) in [6, 6.07) is 16.1. The van der Waals surface area contributed by atoms with Gasteiger partial charge in [-0.2, -0.15) is 0 Å². The number of carbonyl (C=O) groups is 2. The molecule has 0 fully saturated rings. The molecular formula is C17H18N2O3. The zero-order chi connectivity index (χ0) is 15.8. The van der Waals surface area contributed by atoms with Crippen LogP contribution in [0.15, 0.2) is 54.6 Å². The zero-order valence-corrected chi connectivity index (χ0v) is 12.3. The molecule has 5 nitrogen and oxygen atoms in total. The number of hydrogen-bond donors (Lipinski definition) is 2. The van der Waals surface area contributed by atoms with Crippen molar-refractivity contribution >= 4 is 11.8 Å². The second kappa shape index (κ2) is 7.83. The Morgan fingerprint density at radius 3 is 2.36 bits per heavy atom. The molecule has 2 rings (SSSR count). The van der Waals surface area contributed by atoms with Crippen molar-refractivity contribution in [1.82, 2.24) is 10.6 Å². The molecule has 0 unspecified atom stereocenters. The number of benzene rings is 2. The second-order valence-electron chi connectivity index (χ2n) is 4.55. The van der Waals surface area contributed by atoms with Gasteiger partial charge in [0.1, 0.15) is 11.5 Å². The van der Waals surface area contributed by atoms with E-state index in [2.05, 4.69) is 10.6 Å². The molecule has 0 aromatic heterocycles. The average molecular weight is 298 g/mol. The predicted octanol–water partition coefficient (Wildman–Crippen LogP) is 2.34. The lowest BCUT2D eigenvalue weighted by atomic mass is 10.2. The van der Waals surface area contributed by atoms with E-state index >= 15 is 0 Å². The van der Waals surface area contributed by atoms with Crippen molar-refractivity contribution in [3.63, 3.8) is 0 Å². The van der Waals surface area contributed by atoms with E-state index in [1.165, 1.54) is 0 Å². The fraction of sp³-hybridized carbons (Fsp3) is 0.176. The summed E-state index contributed by atoms with van der Waals surface area (Å²) in [6.07, 6.45) is 0. The van der Waals surface area contributed by atoms with Crippen molar-refractivity contribution in [2.45, 2.75) is 6.92 Å². The van der Waals surface area contributed by atoms with Crippen molar-refractivity contribution in [2.75, 3.05) is 13.1 Å². The van der Waals surface area contributed by atoms with Crippen LogP contribution in [0.4, 0.5) is 0 Å². The molecule has 22 heavy (non-hydrogen) atoms. The van der Waals surface area contributed by atoms with Crippen molar-refractivity contribution in [1.29, 1.82) is 0 Å². The molecule has 0 aliphatic heterocycles. The lowest BCUT2D eigenvalue weighted by molar-refractivity contribution is -0.120. The van der Waals surface area contributed by atoms with Gasteiger partial charge in [-0.25, -0.2) is 0 Å². The van der Waals surface area contributed by atoms with Crippen LogP contribution in [0.5, 0.6) is 11.5 Å². The highest BCUT2D eigenvalue weighted by molar-refractivity contribution is 5.98. The molecule has 0 saturated heterocycles. The van der Waals surface area contributed by atoms with E-state index < -0.39 is 0 Å². The molecule has 0 spiro atoms. The molecule has 2 N–H and O–H groups in total. The lowest BCUT2D eigenvalue weighted by Gasteiger charge is -2.11. The highest BCUT2D eigenvalue weighted by Gasteiger charge is 2.13. The Hall–Kier alpha value is -2.82. The summed E-state index contributed by atoms with van der Waals surface area (Å²) >= 11 is 0. The van der Waals surface area contributed by atoms with Gasteiger partial charge in [-0.15, -0.1) is 0 Å². The molecule has 0 atom stereocenters. The standard InChI is InChI=1S/C17H18N2O3/c1-2-18-16(20)12-19-17(21)14-10-6-7-11-15(14)22-13-8-4-3-5-9-13/h3-11H,2,12H2,1H3,(H,18,20)(H,19,21). The van der Waals surface area contributed by atoms with Crippen LogP contribution in [-0.2, 0) is 4.79 Å². The number of para-hydroxylation sites is 2. The Bertz CT molecular complexity index is 641. The number of rotatable bonds is 6. The average Bonchev–Trinajstić information content (AvgIpc) is 2.54. The van der Waals surface area contributed by atoms with E-state index in [9.17, 15) is 9.59 Å². The van der Waals surface area contributed by atoms with E-state index in [4.69, 9.17) is 4.74 Å². The van der Waals surface area contributed by atoms with Crippen LogP contribution in [0.1, 0.15) is 17.3 Å². The Kier molecular flexibility index (Phi) is 5.54. The number of nitrogens with one attached hydrogen (secondary N) is 2. The molecule has 0 heterocycles. The lowest BCUT2D eigenvalue weighted by Crippen LogP contribution is -2.36. The molecule has 0 aliphatic carbocycles. The van der Waals surface area contributed by atoms with Crippen LogP contribution in [0, 0.1) is 0 Å². The fourth-order valence-electron chi connectivity index (χ4n) is 1.87. The van der Waals surface area contributed by atoms with Gasteiger partial charge in [0.05, 0.1) is 12.1 Å². The predicted molar refractivity (Wildman–Crippen MR) is 84.0 cm³/mol. The van der Waals surface area contributed by atoms with Gasteiger partial charge in [-0.3, -0.25) is 9.59 Å². The van der Waals surface area contributed by atoms with Crippen LogP contribution in [0.2, 0.25) is 0 Å². The summed E-state index contributed by atoms with van der Waals surface area (Å²) in [5.74, 6) is 0.517. The first kappa shape index (κ1) is 15.6. The molecule has 2 aromatic rings. The first-order chi connectivity index (χ1) is 10.7. The minimum absolute atomic E-state index is 0.0632. The highest BCUT2D eigenvalue weighted by Crippen LogP contribution is 2.24. The molecule has 5 heteroatoms. The highest BCUT2D eigenvalue weighted by atomic mass is 16.5. The summed E-state index contributed by atoms with van der Waals surface area (Å²) in [4.78, 5) is 23.6. The number of amides is 2. The monoisotopic (exact) mass is 298 g/mol.